The first-order valence-electron chi connectivity index (χ1n) is 9.19. The highest BCUT2D eigenvalue weighted by molar-refractivity contribution is 8.00. The Kier molecular flexibility index (Phi) is 6.71. The monoisotopic (exact) mass is 396 g/mol. The highest BCUT2D eigenvalue weighted by Gasteiger charge is 2.25. The van der Waals surface area contributed by atoms with E-state index in [-0.39, 0.29) is 5.91 Å². The Morgan fingerprint density at radius 2 is 2.04 bits per heavy atom. The predicted molar refractivity (Wildman–Crippen MR) is 112 cm³/mol. The average Bonchev–Trinajstić information content (AvgIpc) is 3.14. The second-order valence-electron chi connectivity index (χ2n) is 6.42. The standard InChI is InChI=1S/C21H24N4O2S/c1-4-8-18-23-21(25-24-18)28-19(15-9-6-5-7-10-15)20(26)22-16-13-14(2)11-12-17(16)27-3/h5-7,9-13,19H,4,8H2,1-3H3,(H,22,26)(H,23,24,25)/t19-/m0/s1. The SMILES string of the molecule is CCCc1nc(S[C@H](C(=O)Nc2cc(C)ccc2OC)c2ccccc2)n[nH]1. The van der Waals surface area contributed by atoms with Crippen molar-refractivity contribution < 1.29 is 9.53 Å². The summed E-state index contributed by atoms with van der Waals surface area (Å²) in [5.41, 5.74) is 2.58. The summed E-state index contributed by atoms with van der Waals surface area (Å²) in [5.74, 6) is 1.30. The fraction of sp³-hybridized carbons (Fsp3) is 0.286. The topological polar surface area (TPSA) is 79.9 Å². The van der Waals surface area contributed by atoms with Gasteiger partial charge in [-0.1, -0.05) is 55.1 Å². The highest BCUT2D eigenvalue weighted by atomic mass is 32.2. The van der Waals surface area contributed by atoms with Crippen molar-refractivity contribution >= 4 is 23.4 Å². The maximum absolute atomic E-state index is 13.2. The second kappa shape index (κ2) is 9.41. The molecule has 146 valence electrons. The van der Waals surface area contributed by atoms with Gasteiger partial charge in [-0.2, -0.15) is 0 Å². The summed E-state index contributed by atoms with van der Waals surface area (Å²) in [6, 6.07) is 15.3. The molecule has 2 N–H and O–H groups in total. The van der Waals surface area contributed by atoms with E-state index < -0.39 is 5.25 Å². The number of carbonyl (C=O) groups excluding carboxylic acids is 1. The van der Waals surface area contributed by atoms with Crippen molar-refractivity contribution in [3.05, 3.63) is 65.5 Å². The third-order valence-corrected chi connectivity index (χ3v) is 5.29. The molecule has 3 rings (SSSR count). The lowest BCUT2D eigenvalue weighted by molar-refractivity contribution is -0.115. The van der Waals surface area contributed by atoms with Gasteiger partial charge in [-0.25, -0.2) is 4.98 Å². The lowest BCUT2D eigenvalue weighted by Gasteiger charge is -2.17. The van der Waals surface area contributed by atoms with E-state index in [1.54, 1.807) is 7.11 Å². The van der Waals surface area contributed by atoms with Crippen LogP contribution in [0, 0.1) is 6.92 Å². The number of hydrogen-bond acceptors (Lipinski definition) is 5. The Morgan fingerprint density at radius 1 is 1.25 bits per heavy atom. The molecule has 0 aliphatic rings. The molecule has 0 fully saturated rings. The normalized spacial score (nSPS) is 11.8. The fourth-order valence-electron chi connectivity index (χ4n) is 2.80. The van der Waals surface area contributed by atoms with E-state index >= 15 is 0 Å². The summed E-state index contributed by atoms with van der Waals surface area (Å²) < 4.78 is 5.38. The first kappa shape index (κ1) is 19.9. The van der Waals surface area contributed by atoms with Gasteiger partial charge in [0.25, 0.3) is 0 Å². The van der Waals surface area contributed by atoms with Gasteiger partial charge in [-0.15, -0.1) is 5.10 Å². The zero-order valence-corrected chi connectivity index (χ0v) is 17.0. The third-order valence-electron chi connectivity index (χ3n) is 4.17. The van der Waals surface area contributed by atoms with Crippen molar-refractivity contribution in [1.29, 1.82) is 0 Å². The molecule has 0 saturated heterocycles. The van der Waals surface area contributed by atoms with Crippen LogP contribution in [0.5, 0.6) is 5.75 Å². The summed E-state index contributed by atoms with van der Waals surface area (Å²) in [6.45, 7) is 4.06. The zero-order valence-electron chi connectivity index (χ0n) is 16.2. The van der Waals surface area contributed by atoms with E-state index in [1.165, 1.54) is 11.8 Å². The van der Waals surface area contributed by atoms with E-state index in [0.29, 0.717) is 16.6 Å². The van der Waals surface area contributed by atoms with Gasteiger partial charge in [-0.3, -0.25) is 9.89 Å². The van der Waals surface area contributed by atoms with Gasteiger partial charge in [0, 0.05) is 6.42 Å². The smallest absolute Gasteiger partial charge is 0.242 e. The number of rotatable bonds is 8. The maximum atomic E-state index is 13.2. The quantitative estimate of drug-likeness (QED) is 0.546. The van der Waals surface area contributed by atoms with Crippen molar-refractivity contribution in [2.75, 3.05) is 12.4 Å². The van der Waals surface area contributed by atoms with Gasteiger partial charge in [0.05, 0.1) is 12.8 Å². The Morgan fingerprint density at radius 3 is 2.75 bits per heavy atom. The number of aromatic nitrogens is 3. The molecule has 1 amide bonds. The molecule has 28 heavy (non-hydrogen) atoms. The molecule has 1 heterocycles. The van der Waals surface area contributed by atoms with Gasteiger partial charge in [0.2, 0.25) is 11.1 Å². The van der Waals surface area contributed by atoms with Gasteiger partial charge < -0.3 is 10.1 Å². The molecule has 0 aliphatic carbocycles. The Labute approximate surface area is 169 Å². The molecule has 1 atom stereocenters. The number of anilines is 1. The molecular formula is C21H24N4O2S. The number of amides is 1. The number of carbonyl (C=O) groups is 1. The third kappa shape index (κ3) is 4.92. The summed E-state index contributed by atoms with van der Waals surface area (Å²) in [4.78, 5) is 17.7. The number of hydrogen-bond donors (Lipinski definition) is 2. The van der Waals surface area contributed by atoms with Crippen molar-refractivity contribution in [3.63, 3.8) is 0 Å². The van der Waals surface area contributed by atoms with Crippen LogP contribution in [0.2, 0.25) is 0 Å². The fourth-order valence-corrected chi connectivity index (χ4v) is 3.73. The maximum Gasteiger partial charge on any atom is 0.242 e. The highest BCUT2D eigenvalue weighted by Crippen LogP contribution is 2.35. The first-order chi connectivity index (χ1) is 13.6. The molecule has 7 heteroatoms. The Hall–Kier alpha value is -2.80. The number of aryl methyl sites for hydroxylation is 2. The van der Waals surface area contributed by atoms with Gasteiger partial charge >= 0.3 is 0 Å². The molecule has 0 unspecified atom stereocenters. The zero-order chi connectivity index (χ0) is 19.9. The van der Waals surface area contributed by atoms with Crippen LogP contribution < -0.4 is 10.1 Å². The number of thioether (sulfide) groups is 1. The predicted octanol–water partition coefficient (Wildman–Crippen LogP) is 4.55. The van der Waals surface area contributed by atoms with Crippen LogP contribution in [-0.4, -0.2) is 28.2 Å². The van der Waals surface area contributed by atoms with Crippen LogP contribution >= 0.6 is 11.8 Å². The molecule has 0 bridgehead atoms. The summed E-state index contributed by atoms with van der Waals surface area (Å²) >= 11 is 1.33. The Bertz CT molecular complexity index is 927. The number of aromatic amines is 1. The molecule has 0 radical (unpaired) electrons. The summed E-state index contributed by atoms with van der Waals surface area (Å²) in [7, 11) is 1.59. The molecular weight excluding hydrogens is 372 g/mol. The van der Waals surface area contributed by atoms with E-state index in [1.807, 2.05) is 55.5 Å². The molecule has 0 spiro atoms. The number of nitrogens with zero attached hydrogens (tertiary/aromatic N) is 2. The van der Waals surface area contributed by atoms with E-state index in [0.717, 1.165) is 29.8 Å². The molecule has 1 aromatic heterocycles. The molecule has 0 saturated carbocycles. The van der Waals surface area contributed by atoms with E-state index in [4.69, 9.17) is 4.74 Å². The molecule has 3 aromatic rings. The second-order valence-corrected chi connectivity index (χ2v) is 7.49. The molecule has 6 nitrogen and oxygen atoms in total. The van der Waals surface area contributed by atoms with Crippen LogP contribution in [-0.2, 0) is 11.2 Å². The van der Waals surface area contributed by atoms with Crippen molar-refractivity contribution in [2.24, 2.45) is 0 Å². The number of benzene rings is 2. The first-order valence-corrected chi connectivity index (χ1v) is 10.1. The van der Waals surface area contributed by atoms with Crippen LogP contribution in [0.1, 0.15) is 35.5 Å². The van der Waals surface area contributed by atoms with E-state index in [2.05, 4.69) is 27.4 Å². The van der Waals surface area contributed by atoms with Crippen molar-refractivity contribution in [2.45, 2.75) is 37.1 Å². The van der Waals surface area contributed by atoms with Gasteiger partial charge in [-0.05, 0) is 36.6 Å². The van der Waals surface area contributed by atoms with Crippen molar-refractivity contribution in [3.8, 4) is 5.75 Å². The summed E-state index contributed by atoms with van der Waals surface area (Å²) in [5, 5.41) is 10.3. The van der Waals surface area contributed by atoms with Gasteiger partial charge in [0.1, 0.15) is 16.8 Å². The number of methoxy groups -OCH3 is 1. The van der Waals surface area contributed by atoms with Crippen molar-refractivity contribution in [1.82, 2.24) is 15.2 Å². The van der Waals surface area contributed by atoms with Crippen LogP contribution in [0.3, 0.4) is 0 Å². The van der Waals surface area contributed by atoms with E-state index in [9.17, 15) is 4.79 Å². The van der Waals surface area contributed by atoms with Crippen LogP contribution in [0.15, 0.2) is 53.7 Å². The van der Waals surface area contributed by atoms with Gasteiger partial charge in [0.15, 0.2) is 0 Å². The largest absolute Gasteiger partial charge is 0.495 e. The minimum absolute atomic E-state index is 0.151. The summed E-state index contributed by atoms with van der Waals surface area (Å²) in [6.07, 6.45) is 1.81. The molecule has 2 aromatic carbocycles. The average molecular weight is 397 g/mol. The minimum atomic E-state index is -0.489. The Balaban J connectivity index is 1.86. The van der Waals surface area contributed by atoms with Crippen LogP contribution in [0.4, 0.5) is 5.69 Å². The lowest BCUT2D eigenvalue weighted by Crippen LogP contribution is -2.19. The minimum Gasteiger partial charge on any atom is -0.495 e. The number of H-pyrrole nitrogens is 1. The van der Waals surface area contributed by atoms with Crippen LogP contribution in [0.25, 0.3) is 0 Å². The number of ether oxygens (including phenoxy) is 1. The lowest BCUT2D eigenvalue weighted by atomic mass is 10.1. The number of nitrogens with one attached hydrogen (secondary N) is 2. The molecule has 0 aliphatic heterocycles.